The fourth-order valence-corrected chi connectivity index (χ4v) is 2.44. The average Bonchev–Trinajstić information content (AvgIpc) is 2.35. The molecule has 5 nitrogen and oxygen atoms in total. The lowest BCUT2D eigenvalue weighted by Gasteiger charge is -2.27. The molecule has 1 aliphatic rings. The summed E-state index contributed by atoms with van der Waals surface area (Å²) in [5.74, 6) is 7.40. The van der Waals surface area contributed by atoms with Gasteiger partial charge in [-0.1, -0.05) is 6.92 Å². The van der Waals surface area contributed by atoms with Crippen LogP contribution in [0.15, 0.2) is 10.7 Å². The largest absolute Gasteiger partial charge is 0.366 e. The van der Waals surface area contributed by atoms with Gasteiger partial charge >= 0.3 is 0 Å². The smallest absolute Gasteiger partial charge is 0.239 e. The Morgan fingerprint density at radius 1 is 1.35 bits per heavy atom. The van der Waals surface area contributed by atoms with E-state index in [2.05, 4.69) is 43.6 Å². The van der Waals surface area contributed by atoms with E-state index < -0.39 is 0 Å². The molecule has 4 N–H and O–H groups in total. The van der Waals surface area contributed by atoms with Crippen molar-refractivity contribution in [2.75, 3.05) is 10.7 Å². The summed E-state index contributed by atoms with van der Waals surface area (Å²) < 4.78 is 0.870. The third kappa shape index (κ3) is 3.29. The summed E-state index contributed by atoms with van der Waals surface area (Å²) in [6.45, 7) is 2.31. The molecule has 0 saturated heterocycles. The lowest BCUT2D eigenvalue weighted by molar-refractivity contribution is 0.360. The summed E-state index contributed by atoms with van der Waals surface area (Å²) in [6, 6.07) is 0.503. The number of anilines is 2. The molecule has 0 aliphatic heterocycles. The molecule has 1 saturated carbocycles. The van der Waals surface area contributed by atoms with Gasteiger partial charge in [-0.2, -0.15) is 4.98 Å². The highest BCUT2D eigenvalue weighted by molar-refractivity contribution is 9.10. The van der Waals surface area contributed by atoms with Crippen molar-refractivity contribution in [3.63, 3.8) is 0 Å². The summed E-state index contributed by atoms with van der Waals surface area (Å²) >= 11 is 3.44. The lowest BCUT2D eigenvalue weighted by Crippen LogP contribution is -2.26. The molecule has 1 aromatic rings. The van der Waals surface area contributed by atoms with Gasteiger partial charge in [0.2, 0.25) is 5.95 Å². The third-order valence-electron chi connectivity index (χ3n) is 3.23. The van der Waals surface area contributed by atoms with Crippen LogP contribution in [0.2, 0.25) is 0 Å². The monoisotopic (exact) mass is 299 g/mol. The molecule has 1 heterocycles. The maximum absolute atomic E-state index is 5.30. The fraction of sp³-hybridized carbons (Fsp3) is 0.636. The van der Waals surface area contributed by atoms with Gasteiger partial charge in [0.05, 0.1) is 4.47 Å². The van der Waals surface area contributed by atoms with Crippen molar-refractivity contribution < 1.29 is 0 Å². The highest BCUT2D eigenvalue weighted by Gasteiger charge is 2.19. The van der Waals surface area contributed by atoms with Crippen molar-refractivity contribution in [2.24, 2.45) is 11.8 Å². The second-order valence-electron chi connectivity index (χ2n) is 4.64. The second kappa shape index (κ2) is 5.64. The molecular formula is C11H18BrN5. The molecule has 1 aromatic heterocycles. The summed E-state index contributed by atoms with van der Waals surface area (Å²) in [6.07, 6.45) is 6.66. The Morgan fingerprint density at radius 2 is 2.06 bits per heavy atom. The van der Waals surface area contributed by atoms with Crippen LogP contribution in [0.1, 0.15) is 32.6 Å². The predicted molar refractivity (Wildman–Crippen MR) is 72.6 cm³/mol. The van der Waals surface area contributed by atoms with Crippen LogP contribution in [-0.2, 0) is 0 Å². The lowest BCUT2D eigenvalue weighted by atomic mass is 9.87. The van der Waals surface area contributed by atoms with E-state index in [-0.39, 0.29) is 0 Å². The maximum Gasteiger partial charge on any atom is 0.239 e. The number of hydrazine groups is 1. The van der Waals surface area contributed by atoms with Crippen molar-refractivity contribution in [3.05, 3.63) is 10.7 Å². The zero-order valence-electron chi connectivity index (χ0n) is 9.91. The van der Waals surface area contributed by atoms with Crippen molar-refractivity contribution >= 4 is 27.7 Å². The van der Waals surface area contributed by atoms with Crippen LogP contribution < -0.4 is 16.6 Å². The summed E-state index contributed by atoms with van der Waals surface area (Å²) in [5.41, 5.74) is 2.46. The first-order chi connectivity index (χ1) is 8.19. The minimum Gasteiger partial charge on any atom is -0.366 e. The van der Waals surface area contributed by atoms with Crippen molar-refractivity contribution in [1.82, 2.24) is 9.97 Å². The number of rotatable bonds is 3. The Morgan fingerprint density at radius 3 is 2.71 bits per heavy atom. The van der Waals surface area contributed by atoms with Crippen LogP contribution in [0.3, 0.4) is 0 Å². The maximum atomic E-state index is 5.30. The van der Waals surface area contributed by atoms with E-state index in [9.17, 15) is 0 Å². The zero-order valence-corrected chi connectivity index (χ0v) is 11.5. The first-order valence-corrected chi connectivity index (χ1v) is 6.74. The Hall–Kier alpha value is -0.880. The topological polar surface area (TPSA) is 75.9 Å². The minimum absolute atomic E-state index is 0.430. The van der Waals surface area contributed by atoms with Crippen LogP contribution >= 0.6 is 15.9 Å². The van der Waals surface area contributed by atoms with Crippen molar-refractivity contribution in [3.8, 4) is 0 Å². The summed E-state index contributed by atoms with van der Waals surface area (Å²) in [4.78, 5) is 8.33. The van der Waals surface area contributed by atoms with E-state index in [4.69, 9.17) is 5.84 Å². The van der Waals surface area contributed by atoms with E-state index in [1.165, 1.54) is 25.7 Å². The number of hydrogen-bond donors (Lipinski definition) is 3. The van der Waals surface area contributed by atoms with Crippen LogP contribution in [0, 0.1) is 5.92 Å². The van der Waals surface area contributed by atoms with Crippen molar-refractivity contribution in [2.45, 2.75) is 38.6 Å². The van der Waals surface area contributed by atoms with Gasteiger partial charge in [-0.25, -0.2) is 10.8 Å². The number of nitrogen functional groups attached to an aromatic ring is 1. The van der Waals surface area contributed by atoms with Crippen LogP contribution in [0.25, 0.3) is 0 Å². The van der Waals surface area contributed by atoms with Gasteiger partial charge in [0.15, 0.2) is 0 Å². The minimum atomic E-state index is 0.430. The van der Waals surface area contributed by atoms with Gasteiger partial charge in [0.1, 0.15) is 5.82 Å². The molecule has 0 bridgehead atoms. The molecule has 0 spiro atoms. The summed E-state index contributed by atoms with van der Waals surface area (Å²) in [5, 5.41) is 3.45. The SMILES string of the molecule is CC1CCC(Nc2nc(NN)ncc2Br)CC1. The number of nitrogens with one attached hydrogen (secondary N) is 2. The van der Waals surface area contributed by atoms with E-state index in [0.29, 0.717) is 12.0 Å². The Labute approximate surface area is 110 Å². The Balaban J connectivity index is 2.02. The van der Waals surface area contributed by atoms with Gasteiger partial charge in [-0.3, -0.25) is 5.43 Å². The van der Waals surface area contributed by atoms with Crippen LogP contribution in [0.4, 0.5) is 11.8 Å². The molecule has 0 radical (unpaired) electrons. The van der Waals surface area contributed by atoms with Gasteiger partial charge in [0, 0.05) is 12.2 Å². The molecule has 0 amide bonds. The number of nitrogens with zero attached hydrogens (tertiary/aromatic N) is 2. The molecule has 0 atom stereocenters. The molecule has 0 aromatic carbocycles. The molecule has 0 unspecified atom stereocenters. The molecular weight excluding hydrogens is 282 g/mol. The molecule has 17 heavy (non-hydrogen) atoms. The first kappa shape index (κ1) is 12.6. The first-order valence-electron chi connectivity index (χ1n) is 5.94. The zero-order chi connectivity index (χ0) is 12.3. The predicted octanol–water partition coefficient (Wildman–Crippen LogP) is 2.52. The molecule has 2 rings (SSSR count). The van der Waals surface area contributed by atoms with Crippen LogP contribution in [0.5, 0.6) is 0 Å². The van der Waals surface area contributed by atoms with Gasteiger partial charge in [-0.15, -0.1) is 0 Å². The number of halogens is 1. The Bertz CT molecular complexity index is 376. The third-order valence-corrected chi connectivity index (χ3v) is 3.81. The number of nitrogens with two attached hydrogens (primary N) is 1. The highest BCUT2D eigenvalue weighted by Crippen LogP contribution is 2.28. The van der Waals surface area contributed by atoms with Gasteiger partial charge in [-0.05, 0) is 47.5 Å². The number of hydrogen-bond acceptors (Lipinski definition) is 5. The highest BCUT2D eigenvalue weighted by atomic mass is 79.9. The van der Waals surface area contributed by atoms with Crippen molar-refractivity contribution in [1.29, 1.82) is 0 Å². The van der Waals surface area contributed by atoms with E-state index in [0.717, 1.165) is 16.2 Å². The Kier molecular flexibility index (Phi) is 4.17. The average molecular weight is 300 g/mol. The second-order valence-corrected chi connectivity index (χ2v) is 5.49. The fourth-order valence-electron chi connectivity index (χ4n) is 2.14. The van der Waals surface area contributed by atoms with E-state index in [1.54, 1.807) is 6.20 Å². The van der Waals surface area contributed by atoms with E-state index in [1.807, 2.05) is 0 Å². The molecule has 1 aliphatic carbocycles. The van der Waals surface area contributed by atoms with Gasteiger partial charge in [0.25, 0.3) is 0 Å². The molecule has 6 heteroatoms. The molecule has 94 valence electrons. The van der Waals surface area contributed by atoms with Crippen LogP contribution in [-0.4, -0.2) is 16.0 Å². The number of aromatic nitrogens is 2. The standard InChI is InChI=1S/C11H18BrN5/c1-7-2-4-8(5-3-7)15-10-9(12)6-14-11(16-10)17-13/h6-8H,2-5,13H2,1H3,(H2,14,15,16,17). The molecule has 1 fully saturated rings. The summed E-state index contributed by atoms with van der Waals surface area (Å²) in [7, 11) is 0. The van der Waals surface area contributed by atoms with Gasteiger partial charge < -0.3 is 5.32 Å². The van der Waals surface area contributed by atoms with E-state index >= 15 is 0 Å². The quantitative estimate of drug-likeness (QED) is 0.591. The normalized spacial score (nSPS) is 24.4.